The van der Waals surface area contributed by atoms with Crippen LogP contribution in [-0.2, 0) is 0 Å². The molecule has 0 fully saturated rings. The Labute approximate surface area is 139 Å². The average Bonchev–Trinajstić information content (AvgIpc) is 3.14. The van der Waals surface area contributed by atoms with Gasteiger partial charge in [-0.3, -0.25) is 0 Å². The van der Waals surface area contributed by atoms with Crippen LogP contribution in [0.1, 0.15) is 0 Å². The van der Waals surface area contributed by atoms with Crippen molar-refractivity contribution in [3.05, 3.63) is 84.9 Å². The van der Waals surface area contributed by atoms with Crippen molar-refractivity contribution >= 4 is 11.5 Å². The topological polar surface area (TPSA) is 25.8 Å². The minimum absolute atomic E-state index is 0.790. The first kappa shape index (κ1) is 13.9. The van der Waals surface area contributed by atoms with Crippen molar-refractivity contribution in [2.75, 3.05) is 0 Å². The number of rotatable bonds is 3. The van der Waals surface area contributed by atoms with Crippen molar-refractivity contribution in [1.29, 1.82) is 0 Å². The van der Waals surface area contributed by atoms with Crippen LogP contribution in [0.15, 0.2) is 84.9 Å². The molecule has 0 saturated heterocycles. The van der Waals surface area contributed by atoms with Crippen LogP contribution in [0, 0.1) is 0 Å². The van der Waals surface area contributed by atoms with E-state index in [0.29, 0.717) is 0 Å². The first-order valence-electron chi connectivity index (χ1n) is 7.45. The van der Waals surface area contributed by atoms with Gasteiger partial charge >= 0.3 is 0 Å². The fourth-order valence-electron chi connectivity index (χ4n) is 2.48. The highest BCUT2D eigenvalue weighted by molar-refractivity contribution is 7.09. The first-order chi connectivity index (χ1) is 11.4. The lowest BCUT2D eigenvalue weighted by molar-refractivity contribution is 1.32. The lowest BCUT2D eigenvalue weighted by Crippen LogP contribution is -1.81. The third kappa shape index (κ3) is 2.91. The quantitative estimate of drug-likeness (QED) is 0.496. The summed E-state index contributed by atoms with van der Waals surface area (Å²) in [6.45, 7) is 0. The second kappa shape index (κ2) is 6.15. The van der Waals surface area contributed by atoms with Gasteiger partial charge < -0.3 is 0 Å². The lowest BCUT2D eigenvalue weighted by Gasteiger charge is -2.02. The highest BCUT2D eigenvalue weighted by Gasteiger charge is 2.08. The molecule has 0 saturated carbocycles. The average molecular weight is 314 g/mol. The van der Waals surface area contributed by atoms with Crippen LogP contribution in [0.3, 0.4) is 0 Å². The normalized spacial score (nSPS) is 10.6. The van der Waals surface area contributed by atoms with Gasteiger partial charge in [0.15, 0.2) is 5.82 Å². The molecule has 0 aliphatic carbocycles. The maximum absolute atomic E-state index is 4.66. The molecule has 2 nitrogen and oxygen atoms in total. The second-order valence-electron chi connectivity index (χ2n) is 5.23. The molecule has 0 amide bonds. The molecule has 1 aromatic heterocycles. The first-order valence-corrected chi connectivity index (χ1v) is 8.22. The van der Waals surface area contributed by atoms with Crippen molar-refractivity contribution in [2.45, 2.75) is 0 Å². The van der Waals surface area contributed by atoms with Crippen LogP contribution in [0.25, 0.3) is 33.1 Å². The van der Waals surface area contributed by atoms with Gasteiger partial charge in [-0.1, -0.05) is 84.9 Å². The summed E-state index contributed by atoms with van der Waals surface area (Å²) in [5.41, 5.74) is 4.59. The fourth-order valence-corrected chi connectivity index (χ4v) is 3.17. The van der Waals surface area contributed by atoms with E-state index in [0.717, 1.165) is 22.0 Å². The SMILES string of the molecule is c1ccc(-c2ccc(-c3nc(-c4ccccc4)ns3)cc2)cc1. The summed E-state index contributed by atoms with van der Waals surface area (Å²) in [4.78, 5) is 4.66. The maximum atomic E-state index is 4.66. The molecule has 3 heteroatoms. The van der Waals surface area contributed by atoms with Crippen LogP contribution in [0.2, 0.25) is 0 Å². The number of hydrogen-bond donors (Lipinski definition) is 0. The molecule has 0 unspecified atom stereocenters. The second-order valence-corrected chi connectivity index (χ2v) is 5.98. The lowest BCUT2D eigenvalue weighted by atomic mass is 10.0. The van der Waals surface area contributed by atoms with Crippen molar-refractivity contribution < 1.29 is 0 Å². The molecular weight excluding hydrogens is 300 g/mol. The Balaban J connectivity index is 1.63. The molecule has 0 spiro atoms. The molecule has 4 rings (SSSR count). The Morgan fingerprint density at radius 1 is 0.522 bits per heavy atom. The predicted octanol–water partition coefficient (Wildman–Crippen LogP) is 5.54. The number of benzene rings is 3. The van der Waals surface area contributed by atoms with Crippen LogP contribution < -0.4 is 0 Å². The minimum Gasteiger partial charge on any atom is -0.215 e. The summed E-state index contributed by atoms with van der Waals surface area (Å²) >= 11 is 1.44. The predicted molar refractivity (Wildman–Crippen MR) is 96.2 cm³/mol. The molecule has 4 aromatic rings. The largest absolute Gasteiger partial charge is 0.215 e. The van der Waals surface area contributed by atoms with E-state index in [1.807, 2.05) is 36.4 Å². The number of nitrogens with zero attached hydrogens (tertiary/aromatic N) is 2. The van der Waals surface area contributed by atoms with Gasteiger partial charge in [0.05, 0.1) is 0 Å². The fraction of sp³-hybridized carbons (Fsp3) is 0. The standard InChI is InChI=1S/C20H14N2S/c1-3-7-15(8-4-1)16-11-13-18(14-12-16)20-21-19(22-23-20)17-9-5-2-6-10-17/h1-14H. The molecule has 0 aliphatic heterocycles. The van der Waals surface area contributed by atoms with E-state index in [1.165, 1.54) is 22.7 Å². The molecule has 1 heterocycles. The molecule has 3 aromatic carbocycles. The molecule has 0 atom stereocenters. The molecular formula is C20H14N2S. The zero-order chi connectivity index (χ0) is 15.5. The Hall–Kier alpha value is -2.78. The van der Waals surface area contributed by atoms with Crippen LogP contribution in [-0.4, -0.2) is 9.36 Å². The van der Waals surface area contributed by atoms with Gasteiger partial charge in [-0.05, 0) is 22.7 Å². The summed E-state index contributed by atoms with van der Waals surface area (Å²) < 4.78 is 4.47. The summed E-state index contributed by atoms with van der Waals surface area (Å²) in [5.74, 6) is 0.790. The minimum atomic E-state index is 0.790. The van der Waals surface area contributed by atoms with E-state index in [4.69, 9.17) is 0 Å². The van der Waals surface area contributed by atoms with Gasteiger partial charge in [-0.2, -0.15) is 4.37 Å². The van der Waals surface area contributed by atoms with E-state index in [2.05, 4.69) is 57.9 Å². The highest BCUT2D eigenvalue weighted by Crippen LogP contribution is 2.28. The van der Waals surface area contributed by atoms with Crippen molar-refractivity contribution in [3.63, 3.8) is 0 Å². The van der Waals surface area contributed by atoms with Crippen LogP contribution in [0.4, 0.5) is 0 Å². The zero-order valence-corrected chi connectivity index (χ0v) is 13.2. The monoisotopic (exact) mass is 314 g/mol. The highest BCUT2D eigenvalue weighted by atomic mass is 32.1. The summed E-state index contributed by atoms with van der Waals surface area (Å²) in [5, 5.41) is 0.948. The van der Waals surface area contributed by atoms with E-state index in [1.54, 1.807) is 0 Å². The van der Waals surface area contributed by atoms with E-state index in [9.17, 15) is 0 Å². The van der Waals surface area contributed by atoms with E-state index >= 15 is 0 Å². The molecule has 23 heavy (non-hydrogen) atoms. The van der Waals surface area contributed by atoms with Crippen LogP contribution >= 0.6 is 11.5 Å². The smallest absolute Gasteiger partial charge is 0.173 e. The summed E-state index contributed by atoms with van der Waals surface area (Å²) in [6.07, 6.45) is 0. The van der Waals surface area contributed by atoms with Gasteiger partial charge in [-0.25, -0.2) is 4.98 Å². The third-order valence-electron chi connectivity index (χ3n) is 3.70. The van der Waals surface area contributed by atoms with Gasteiger partial charge in [0, 0.05) is 11.1 Å². The number of aromatic nitrogens is 2. The van der Waals surface area contributed by atoms with Gasteiger partial charge in [0.2, 0.25) is 0 Å². The molecule has 0 N–H and O–H groups in total. The Morgan fingerprint density at radius 2 is 1.04 bits per heavy atom. The Kier molecular flexibility index (Phi) is 3.70. The summed E-state index contributed by atoms with van der Waals surface area (Å²) in [6, 6.07) is 28.9. The van der Waals surface area contributed by atoms with Crippen LogP contribution in [0.5, 0.6) is 0 Å². The van der Waals surface area contributed by atoms with Gasteiger partial charge in [0.1, 0.15) is 5.01 Å². The summed E-state index contributed by atoms with van der Waals surface area (Å²) in [7, 11) is 0. The van der Waals surface area contributed by atoms with Crippen molar-refractivity contribution in [3.8, 4) is 33.1 Å². The Bertz CT molecular complexity index is 897. The molecule has 0 bridgehead atoms. The maximum Gasteiger partial charge on any atom is 0.173 e. The van der Waals surface area contributed by atoms with Crippen molar-refractivity contribution in [1.82, 2.24) is 9.36 Å². The zero-order valence-electron chi connectivity index (χ0n) is 12.4. The molecule has 0 radical (unpaired) electrons. The van der Waals surface area contributed by atoms with Gasteiger partial charge in [0.25, 0.3) is 0 Å². The van der Waals surface area contributed by atoms with E-state index in [-0.39, 0.29) is 0 Å². The third-order valence-corrected chi connectivity index (χ3v) is 4.46. The molecule has 110 valence electrons. The van der Waals surface area contributed by atoms with Crippen molar-refractivity contribution in [2.24, 2.45) is 0 Å². The van der Waals surface area contributed by atoms with E-state index < -0.39 is 0 Å². The molecule has 0 aliphatic rings. The van der Waals surface area contributed by atoms with Gasteiger partial charge in [-0.15, -0.1) is 0 Å². The number of hydrogen-bond acceptors (Lipinski definition) is 3. The Morgan fingerprint density at radius 3 is 1.70 bits per heavy atom.